The van der Waals surface area contributed by atoms with Crippen molar-refractivity contribution in [1.29, 1.82) is 0 Å². The lowest BCUT2D eigenvalue weighted by Crippen LogP contribution is -2.40. The van der Waals surface area contributed by atoms with E-state index in [-0.39, 0.29) is 0 Å². The Morgan fingerprint density at radius 3 is 2.06 bits per heavy atom. The van der Waals surface area contributed by atoms with Crippen molar-refractivity contribution in [2.75, 3.05) is 6.61 Å². The number of carbonyl (C=O) groups is 2. The maximum Gasteiger partial charge on any atom is 0.334 e. The summed E-state index contributed by atoms with van der Waals surface area (Å²) in [4.78, 5) is 23.5. The maximum absolute atomic E-state index is 11.9. The monoisotopic (exact) mass is 294 g/mol. The van der Waals surface area contributed by atoms with Crippen molar-refractivity contribution in [3.8, 4) is 0 Å². The van der Waals surface area contributed by atoms with Crippen LogP contribution in [0.2, 0.25) is 0 Å². The fourth-order valence-electron chi connectivity index (χ4n) is 1.43. The largest absolute Gasteiger partial charge is 0.465 e. The van der Waals surface area contributed by atoms with E-state index in [1.54, 1.807) is 13.8 Å². The van der Waals surface area contributed by atoms with E-state index in [0.717, 1.165) is 12.8 Å². The van der Waals surface area contributed by atoms with Gasteiger partial charge in [-0.3, -0.25) is 4.79 Å². The summed E-state index contributed by atoms with van der Waals surface area (Å²) < 4.78 is 9.59. The van der Waals surface area contributed by atoms with Crippen LogP contribution in [-0.2, 0) is 18.2 Å². The minimum atomic E-state index is -1.17. The number of unbranched alkanes of at least 4 members (excludes halogenated alkanes) is 1. The summed E-state index contributed by atoms with van der Waals surface area (Å²) in [6, 6.07) is 0. The fourth-order valence-corrected chi connectivity index (χ4v) is 1.74. The van der Waals surface area contributed by atoms with Crippen molar-refractivity contribution < 1.29 is 18.2 Å². The van der Waals surface area contributed by atoms with E-state index in [1.165, 1.54) is 0 Å². The van der Waals surface area contributed by atoms with Gasteiger partial charge in [0.15, 0.2) is 21.7 Å². The van der Waals surface area contributed by atoms with Crippen molar-refractivity contribution in [3.05, 3.63) is 0 Å². The lowest BCUT2D eigenvalue weighted by atomic mass is 9.82. The first-order chi connectivity index (χ1) is 7.58. The highest BCUT2D eigenvalue weighted by Crippen LogP contribution is 2.30. The van der Waals surface area contributed by atoms with E-state index < -0.39 is 17.4 Å². The molecule has 94 valence electrons. The Hall–Kier alpha value is -0.580. The molecule has 0 heterocycles. The molecule has 0 amide bonds. The Morgan fingerprint density at radius 2 is 1.69 bits per heavy atom. The van der Waals surface area contributed by atoms with E-state index in [9.17, 15) is 9.59 Å². The molecule has 0 atom stereocenters. The predicted octanol–water partition coefficient (Wildman–Crippen LogP) is 2.99. The molecule has 0 fully saturated rings. The van der Waals surface area contributed by atoms with Gasteiger partial charge in [-0.2, -0.15) is 0 Å². The molecule has 0 unspecified atom stereocenters. The summed E-state index contributed by atoms with van der Waals surface area (Å²) >= 11 is 2.63. The lowest BCUT2D eigenvalue weighted by Gasteiger charge is -2.25. The van der Waals surface area contributed by atoms with Crippen LogP contribution in [-0.4, -0.2) is 18.5 Å². The van der Waals surface area contributed by atoms with Crippen LogP contribution in [0, 0.1) is 5.41 Å². The van der Waals surface area contributed by atoms with Gasteiger partial charge in [-0.25, -0.2) is 4.79 Å². The summed E-state index contributed by atoms with van der Waals surface area (Å²) in [6.45, 7) is 5.91. The number of hydrogen-bond acceptors (Lipinski definition) is 4. The van der Waals surface area contributed by atoms with E-state index in [1.807, 2.05) is 6.92 Å². The van der Waals surface area contributed by atoms with Gasteiger partial charge < -0.3 is 8.57 Å². The van der Waals surface area contributed by atoms with Gasteiger partial charge in [0.25, 0.3) is 0 Å². The molecule has 16 heavy (non-hydrogen) atoms. The SMILES string of the molecule is CCCCOC(=O)C(CC)(CC)C(=O)OBr. The number of hydrogen-bond donors (Lipinski definition) is 0. The molecule has 0 radical (unpaired) electrons. The molecule has 0 aromatic carbocycles. The van der Waals surface area contributed by atoms with Crippen LogP contribution in [0.1, 0.15) is 46.5 Å². The number of halogens is 1. The van der Waals surface area contributed by atoms with Crippen molar-refractivity contribution in [1.82, 2.24) is 0 Å². The topological polar surface area (TPSA) is 52.6 Å². The van der Waals surface area contributed by atoms with Gasteiger partial charge in [-0.05, 0) is 19.3 Å². The van der Waals surface area contributed by atoms with Gasteiger partial charge in [0.2, 0.25) is 0 Å². The molecule has 0 aliphatic rings. The van der Waals surface area contributed by atoms with Gasteiger partial charge in [0.1, 0.15) is 0 Å². The van der Waals surface area contributed by atoms with Gasteiger partial charge in [0.05, 0.1) is 6.61 Å². The second kappa shape index (κ2) is 7.65. The van der Waals surface area contributed by atoms with E-state index in [2.05, 4.69) is 20.1 Å². The fraction of sp³-hybridized carbons (Fsp3) is 0.818. The van der Waals surface area contributed by atoms with E-state index in [4.69, 9.17) is 4.74 Å². The summed E-state index contributed by atoms with van der Waals surface area (Å²) in [6.07, 6.45) is 2.50. The van der Waals surface area contributed by atoms with Crippen LogP contribution in [0.15, 0.2) is 0 Å². The van der Waals surface area contributed by atoms with Crippen LogP contribution in [0.25, 0.3) is 0 Å². The number of ether oxygens (including phenoxy) is 1. The minimum absolute atomic E-state index is 0.354. The molecule has 0 saturated heterocycles. The van der Waals surface area contributed by atoms with Crippen molar-refractivity contribution in [2.45, 2.75) is 46.5 Å². The Labute approximate surface area is 105 Å². The molecular weight excluding hydrogens is 276 g/mol. The molecular formula is C11H19BrO4. The Kier molecular flexibility index (Phi) is 7.38. The Bertz CT molecular complexity index is 236. The molecule has 0 aromatic rings. The Morgan fingerprint density at radius 1 is 1.12 bits per heavy atom. The van der Waals surface area contributed by atoms with Crippen LogP contribution < -0.4 is 0 Å². The highest BCUT2D eigenvalue weighted by molar-refractivity contribution is 9.06. The summed E-state index contributed by atoms with van der Waals surface area (Å²) in [5.41, 5.74) is -1.17. The molecule has 5 heteroatoms. The first-order valence-corrected chi connectivity index (χ1v) is 6.24. The number of carbonyl (C=O) groups excluding carboxylic acids is 2. The second-order valence-electron chi connectivity index (χ2n) is 3.64. The van der Waals surface area contributed by atoms with Crippen molar-refractivity contribution in [3.63, 3.8) is 0 Å². The van der Waals surface area contributed by atoms with Gasteiger partial charge >= 0.3 is 11.9 Å². The summed E-state index contributed by atoms with van der Waals surface area (Å²) in [7, 11) is 0. The smallest absolute Gasteiger partial charge is 0.334 e. The van der Waals surface area contributed by atoms with Crippen molar-refractivity contribution >= 4 is 28.2 Å². The highest BCUT2D eigenvalue weighted by Gasteiger charge is 2.45. The molecule has 0 bridgehead atoms. The summed E-state index contributed by atoms with van der Waals surface area (Å²) in [5, 5.41) is 0. The molecule has 4 nitrogen and oxygen atoms in total. The zero-order chi connectivity index (χ0) is 12.6. The first kappa shape index (κ1) is 15.4. The Balaban J connectivity index is 4.63. The number of esters is 1. The molecule has 0 aliphatic carbocycles. The van der Waals surface area contributed by atoms with Crippen LogP contribution in [0.5, 0.6) is 0 Å². The molecule has 0 rings (SSSR count). The first-order valence-electron chi connectivity index (χ1n) is 5.59. The maximum atomic E-state index is 11.9. The van der Waals surface area contributed by atoms with Crippen LogP contribution in [0.4, 0.5) is 0 Å². The highest BCUT2D eigenvalue weighted by atomic mass is 79.9. The quantitative estimate of drug-likeness (QED) is 0.411. The third-order valence-corrected chi connectivity index (χ3v) is 3.08. The van der Waals surface area contributed by atoms with Gasteiger partial charge in [0, 0.05) is 0 Å². The second-order valence-corrected chi connectivity index (χ2v) is 3.97. The molecule has 0 saturated carbocycles. The zero-order valence-corrected chi connectivity index (χ0v) is 11.6. The lowest BCUT2D eigenvalue weighted by molar-refractivity contribution is -0.167. The summed E-state index contributed by atoms with van der Waals surface area (Å²) in [5.74, 6) is -1.07. The third-order valence-electron chi connectivity index (χ3n) is 2.79. The zero-order valence-electron chi connectivity index (χ0n) is 10.0. The van der Waals surface area contributed by atoms with Crippen LogP contribution >= 0.6 is 16.3 Å². The van der Waals surface area contributed by atoms with Crippen LogP contribution in [0.3, 0.4) is 0 Å². The average molecular weight is 295 g/mol. The van der Waals surface area contributed by atoms with Gasteiger partial charge in [-0.1, -0.05) is 27.2 Å². The third kappa shape index (κ3) is 3.47. The normalized spacial score (nSPS) is 11.0. The molecule has 0 aromatic heterocycles. The molecule has 0 N–H and O–H groups in total. The molecule has 0 spiro atoms. The van der Waals surface area contributed by atoms with E-state index in [0.29, 0.717) is 19.4 Å². The standard InChI is InChI=1S/C11H19BrO4/c1-4-7-8-15-9(13)11(5-2,6-3)10(14)16-12/h4-8H2,1-3H3. The van der Waals surface area contributed by atoms with Gasteiger partial charge in [-0.15, -0.1) is 0 Å². The average Bonchev–Trinajstić information content (AvgIpc) is 2.31. The molecule has 0 aliphatic heterocycles. The minimum Gasteiger partial charge on any atom is -0.465 e. The van der Waals surface area contributed by atoms with E-state index >= 15 is 0 Å². The van der Waals surface area contributed by atoms with Crippen molar-refractivity contribution in [2.24, 2.45) is 5.41 Å². The predicted molar refractivity (Wildman–Crippen MR) is 63.9 cm³/mol. The number of rotatable bonds is 7.